The van der Waals surface area contributed by atoms with Crippen LogP contribution in [0.2, 0.25) is 0 Å². The number of anilines is 1. The first-order chi connectivity index (χ1) is 17.6. The summed E-state index contributed by atoms with van der Waals surface area (Å²) in [5.74, 6) is 2.28. The Balaban J connectivity index is 0.000000439. The summed E-state index contributed by atoms with van der Waals surface area (Å²) in [5.41, 5.74) is 9.97. The molecule has 3 N–H and O–H groups in total. The Labute approximate surface area is 216 Å². The van der Waals surface area contributed by atoms with Crippen molar-refractivity contribution >= 4 is 11.3 Å². The number of hydrogen-bond acceptors (Lipinski definition) is 5. The van der Waals surface area contributed by atoms with Gasteiger partial charge >= 0.3 is 0 Å². The normalized spacial score (nSPS) is 10.2. The molecule has 2 aromatic carbocycles. The maximum atomic E-state index is 6.17. The topological polar surface area (TPSA) is 77.5 Å². The van der Waals surface area contributed by atoms with Crippen molar-refractivity contribution < 1.29 is 4.74 Å². The smallest absolute Gasteiger partial charge is 0.150 e. The van der Waals surface area contributed by atoms with Crippen molar-refractivity contribution in [1.82, 2.24) is 19.7 Å². The Morgan fingerprint density at radius 3 is 2.28 bits per heavy atom. The van der Waals surface area contributed by atoms with Gasteiger partial charge in [-0.3, -0.25) is 4.40 Å². The molecule has 0 atom stereocenters. The minimum absolute atomic E-state index is 0.484. The molecule has 6 nitrogen and oxygen atoms in total. The summed E-state index contributed by atoms with van der Waals surface area (Å²) < 4.78 is 8.01. The van der Waals surface area contributed by atoms with E-state index in [1.165, 1.54) is 19.3 Å². The third-order valence-electron chi connectivity index (χ3n) is 5.55. The number of nitrogens with zero attached hydrogens (tertiary/aromatic N) is 3. The van der Waals surface area contributed by atoms with Crippen molar-refractivity contribution in [2.45, 2.75) is 66.4 Å². The first kappa shape index (κ1) is 28.9. The molecule has 0 fully saturated rings. The zero-order valence-corrected chi connectivity index (χ0v) is 22.6. The van der Waals surface area contributed by atoms with Gasteiger partial charge in [0.25, 0.3) is 0 Å². The molecule has 0 aliphatic rings. The number of rotatable bonds is 9. The van der Waals surface area contributed by atoms with Crippen LogP contribution in [-0.2, 0) is 13.0 Å². The molecule has 36 heavy (non-hydrogen) atoms. The van der Waals surface area contributed by atoms with Gasteiger partial charge in [0, 0.05) is 24.4 Å². The van der Waals surface area contributed by atoms with Crippen molar-refractivity contribution in [1.29, 1.82) is 0 Å². The zero-order valence-electron chi connectivity index (χ0n) is 22.6. The fourth-order valence-corrected chi connectivity index (χ4v) is 3.55. The summed E-state index contributed by atoms with van der Waals surface area (Å²) in [4.78, 5) is 9.11. The molecule has 0 saturated carbocycles. The first-order valence-electron chi connectivity index (χ1n) is 13.1. The van der Waals surface area contributed by atoms with E-state index in [2.05, 4.69) is 50.1 Å². The van der Waals surface area contributed by atoms with E-state index in [9.17, 15) is 0 Å². The average Bonchev–Trinajstić information content (AvgIpc) is 3.29. The van der Waals surface area contributed by atoms with Crippen LogP contribution in [0.4, 0.5) is 5.82 Å². The number of unbranched alkanes of at least 4 members (excludes halogenated alkanes) is 2. The molecule has 0 saturated heterocycles. The van der Waals surface area contributed by atoms with Gasteiger partial charge in [0.1, 0.15) is 35.2 Å². The molecule has 0 bridgehead atoms. The Kier molecular flexibility index (Phi) is 13.1. The highest BCUT2D eigenvalue weighted by atomic mass is 16.5. The number of benzene rings is 2. The van der Waals surface area contributed by atoms with E-state index in [-0.39, 0.29) is 0 Å². The number of nitrogens with two attached hydrogens (primary N) is 1. The predicted molar refractivity (Wildman–Crippen MR) is 152 cm³/mol. The van der Waals surface area contributed by atoms with Gasteiger partial charge in [0.15, 0.2) is 0 Å². The number of fused-ring (bicyclic) bond motifs is 1. The van der Waals surface area contributed by atoms with Crippen molar-refractivity contribution in [3.63, 3.8) is 0 Å². The molecule has 0 radical (unpaired) electrons. The second-order valence-electron chi connectivity index (χ2n) is 8.52. The number of aromatic nitrogens is 3. The Hall–Kier alpha value is -3.38. The Morgan fingerprint density at radius 2 is 1.67 bits per heavy atom. The van der Waals surface area contributed by atoms with E-state index in [0.717, 1.165) is 53.3 Å². The SMILES string of the molecule is CCCCC.CCCc1nc(-c2cccc(OCc3ccccc3)c2)c2c(N)nccn12.CCNC. The fraction of sp³-hybridized carbons (Fsp3) is 0.400. The predicted octanol–water partition coefficient (Wildman–Crippen LogP) is 6.93. The second-order valence-corrected chi connectivity index (χ2v) is 8.52. The van der Waals surface area contributed by atoms with E-state index in [0.29, 0.717) is 12.4 Å². The van der Waals surface area contributed by atoms with Crippen molar-refractivity contribution in [3.8, 4) is 17.0 Å². The van der Waals surface area contributed by atoms with E-state index in [1.54, 1.807) is 6.20 Å². The molecule has 0 aliphatic heterocycles. The summed E-state index contributed by atoms with van der Waals surface area (Å²) >= 11 is 0. The lowest BCUT2D eigenvalue weighted by Gasteiger charge is -2.08. The molecule has 2 heterocycles. The quantitative estimate of drug-likeness (QED) is 0.266. The zero-order chi connectivity index (χ0) is 26.2. The lowest BCUT2D eigenvalue weighted by atomic mass is 10.1. The monoisotopic (exact) mass is 489 g/mol. The van der Waals surface area contributed by atoms with Crippen molar-refractivity contribution in [2.75, 3.05) is 19.3 Å². The van der Waals surface area contributed by atoms with Gasteiger partial charge in [-0.2, -0.15) is 0 Å². The van der Waals surface area contributed by atoms with E-state index in [1.807, 2.05) is 60.1 Å². The van der Waals surface area contributed by atoms with Crippen LogP contribution in [0.25, 0.3) is 16.8 Å². The summed E-state index contributed by atoms with van der Waals surface area (Å²) in [6, 6.07) is 18.1. The molecule has 4 aromatic rings. The summed E-state index contributed by atoms with van der Waals surface area (Å²) in [7, 11) is 1.93. The van der Waals surface area contributed by atoms with Gasteiger partial charge in [0.2, 0.25) is 0 Å². The van der Waals surface area contributed by atoms with E-state index < -0.39 is 0 Å². The van der Waals surface area contributed by atoms with Crippen LogP contribution in [-0.4, -0.2) is 28.0 Å². The molecule has 0 unspecified atom stereocenters. The average molecular weight is 490 g/mol. The van der Waals surface area contributed by atoms with Gasteiger partial charge in [-0.1, -0.05) is 89.4 Å². The molecule has 4 rings (SSSR count). The molecular formula is C30H43N5O. The van der Waals surface area contributed by atoms with Crippen LogP contribution in [0.3, 0.4) is 0 Å². The molecule has 0 aliphatic carbocycles. The van der Waals surface area contributed by atoms with E-state index >= 15 is 0 Å². The van der Waals surface area contributed by atoms with Crippen molar-refractivity contribution in [2.24, 2.45) is 0 Å². The number of hydrogen-bond donors (Lipinski definition) is 2. The molecule has 194 valence electrons. The van der Waals surface area contributed by atoms with Gasteiger partial charge in [-0.05, 0) is 37.7 Å². The van der Waals surface area contributed by atoms with Crippen LogP contribution in [0.5, 0.6) is 5.75 Å². The molecular weight excluding hydrogens is 446 g/mol. The summed E-state index contributed by atoms with van der Waals surface area (Å²) in [6.07, 6.45) is 9.61. The lowest BCUT2D eigenvalue weighted by molar-refractivity contribution is 0.306. The minimum atomic E-state index is 0.484. The highest BCUT2D eigenvalue weighted by Crippen LogP contribution is 2.30. The number of nitrogens with one attached hydrogen (secondary N) is 1. The van der Waals surface area contributed by atoms with Crippen LogP contribution >= 0.6 is 0 Å². The Morgan fingerprint density at radius 1 is 0.944 bits per heavy atom. The number of imidazole rings is 1. The second kappa shape index (κ2) is 16.3. The fourth-order valence-electron chi connectivity index (χ4n) is 3.55. The van der Waals surface area contributed by atoms with Gasteiger partial charge in [-0.25, -0.2) is 9.97 Å². The third-order valence-corrected chi connectivity index (χ3v) is 5.55. The largest absolute Gasteiger partial charge is 0.489 e. The lowest BCUT2D eigenvalue weighted by Crippen LogP contribution is -2.01. The highest BCUT2D eigenvalue weighted by Gasteiger charge is 2.16. The maximum absolute atomic E-state index is 6.17. The minimum Gasteiger partial charge on any atom is -0.489 e. The summed E-state index contributed by atoms with van der Waals surface area (Å²) in [6.45, 7) is 10.2. The van der Waals surface area contributed by atoms with Gasteiger partial charge < -0.3 is 15.8 Å². The highest BCUT2D eigenvalue weighted by molar-refractivity contribution is 5.85. The standard InChI is InChI=1S/C22H22N4O.C5H12.C3H9N/c1-2-7-19-25-20(21-22(23)24-12-13-26(19)21)17-10-6-11-18(14-17)27-15-16-8-4-3-5-9-16;1-3-5-4-2;1-3-4-2/h3-6,8-14H,2,7,15H2,1H3,(H2,23,24);3-5H2,1-2H3;4H,3H2,1-2H3. The summed E-state index contributed by atoms with van der Waals surface area (Å²) in [5, 5.41) is 2.93. The molecule has 0 amide bonds. The maximum Gasteiger partial charge on any atom is 0.150 e. The molecule has 6 heteroatoms. The number of nitrogen functional groups attached to an aromatic ring is 1. The van der Waals surface area contributed by atoms with Crippen LogP contribution in [0.1, 0.15) is 64.8 Å². The van der Waals surface area contributed by atoms with Gasteiger partial charge in [0.05, 0.1) is 0 Å². The number of ether oxygens (including phenoxy) is 1. The van der Waals surface area contributed by atoms with Crippen LogP contribution in [0.15, 0.2) is 67.0 Å². The Bertz CT molecular complexity index is 1140. The molecule has 2 aromatic heterocycles. The van der Waals surface area contributed by atoms with Crippen LogP contribution < -0.4 is 15.8 Å². The van der Waals surface area contributed by atoms with Crippen molar-refractivity contribution in [3.05, 3.63) is 78.4 Å². The van der Waals surface area contributed by atoms with Crippen LogP contribution in [0, 0.1) is 0 Å². The molecule has 0 spiro atoms. The van der Waals surface area contributed by atoms with Gasteiger partial charge in [-0.15, -0.1) is 0 Å². The third kappa shape index (κ3) is 8.68. The number of aryl methyl sites for hydroxylation is 1. The van der Waals surface area contributed by atoms with E-state index in [4.69, 9.17) is 15.5 Å². The first-order valence-corrected chi connectivity index (χ1v) is 13.1.